The number of piperazine rings is 1. The Balaban J connectivity index is 1.56. The molecule has 3 aromatic rings. The maximum absolute atomic E-state index is 12.9. The number of esters is 1. The topological polar surface area (TPSA) is 113 Å². The van der Waals surface area contributed by atoms with E-state index in [0.717, 1.165) is 20.6 Å². The molecule has 4 heterocycles. The van der Waals surface area contributed by atoms with Crippen molar-refractivity contribution in [3.05, 3.63) is 57.0 Å². The van der Waals surface area contributed by atoms with E-state index in [1.165, 1.54) is 29.4 Å². The summed E-state index contributed by atoms with van der Waals surface area (Å²) in [6.07, 6.45) is 4.74. The molecule has 9 nitrogen and oxygen atoms in total. The van der Waals surface area contributed by atoms with Crippen LogP contribution in [0.15, 0.2) is 42.1 Å². The molecule has 0 spiro atoms. The molecule has 1 saturated heterocycles. The van der Waals surface area contributed by atoms with Gasteiger partial charge in [0, 0.05) is 45.8 Å². The lowest BCUT2D eigenvalue weighted by atomic mass is 10.1. The summed E-state index contributed by atoms with van der Waals surface area (Å²) in [6, 6.07) is 5.91. The van der Waals surface area contributed by atoms with E-state index >= 15 is 0 Å². The van der Waals surface area contributed by atoms with Gasteiger partial charge in [-0.05, 0) is 30.3 Å². The third-order valence-electron chi connectivity index (χ3n) is 5.03. The zero-order chi connectivity index (χ0) is 22.9. The first kappa shape index (κ1) is 22.5. The fraction of sp³-hybridized carbons (Fsp3) is 0.250. The number of nitrogens with zero attached hydrogens (tertiary/aromatic N) is 3. The maximum Gasteiger partial charge on any atom is 0.329 e. The molecule has 1 amide bonds. The van der Waals surface area contributed by atoms with Gasteiger partial charge < -0.3 is 14.6 Å². The number of pyridine rings is 1. The van der Waals surface area contributed by atoms with E-state index in [4.69, 9.17) is 16.3 Å². The molecule has 3 aromatic heterocycles. The molecule has 1 fully saturated rings. The van der Waals surface area contributed by atoms with Crippen LogP contribution >= 0.6 is 22.9 Å². The Morgan fingerprint density at radius 1 is 1.41 bits per heavy atom. The summed E-state index contributed by atoms with van der Waals surface area (Å²) in [5.41, 5.74) is 1.54. The minimum Gasteiger partial charge on any atom is -0.467 e. The molecule has 4 rings (SSSR count). The van der Waals surface area contributed by atoms with Crippen molar-refractivity contribution in [2.24, 2.45) is 0 Å². The van der Waals surface area contributed by atoms with Crippen molar-refractivity contribution < 1.29 is 22.7 Å². The van der Waals surface area contributed by atoms with Crippen LogP contribution in [0.2, 0.25) is 4.34 Å². The fourth-order valence-electron chi connectivity index (χ4n) is 3.46. The molecule has 1 unspecified atom stereocenters. The molecule has 12 heteroatoms. The number of ether oxygens (including phenoxy) is 1. The first-order valence-corrected chi connectivity index (χ1v) is 12.2. The summed E-state index contributed by atoms with van der Waals surface area (Å²) in [7, 11) is -2.75. The van der Waals surface area contributed by atoms with Crippen LogP contribution in [-0.4, -0.2) is 65.7 Å². The molecule has 168 valence electrons. The van der Waals surface area contributed by atoms with Gasteiger partial charge in [-0.3, -0.25) is 9.78 Å². The van der Waals surface area contributed by atoms with Crippen molar-refractivity contribution >= 4 is 61.8 Å². The lowest BCUT2D eigenvalue weighted by Crippen LogP contribution is -2.60. The smallest absolute Gasteiger partial charge is 0.329 e. The molecule has 0 aromatic carbocycles. The van der Waals surface area contributed by atoms with Gasteiger partial charge >= 0.3 is 5.97 Å². The van der Waals surface area contributed by atoms with Crippen LogP contribution in [0, 0.1) is 0 Å². The van der Waals surface area contributed by atoms with Gasteiger partial charge in [0.25, 0.3) is 0 Å². The first-order chi connectivity index (χ1) is 15.3. The minimum atomic E-state index is -3.95. The third kappa shape index (κ3) is 4.70. The summed E-state index contributed by atoms with van der Waals surface area (Å²) in [4.78, 5) is 34.6. The van der Waals surface area contributed by atoms with Crippen molar-refractivity contribution in [2.45, 2.75) is 12.6 Å². The van der Waals surface area contributed by atoms with Crippen LogP contribution in [0.1, 0.15) is 10.6 Å². The second kappa shape index (κ2) is 9.02. The maximum atomic E-state index is 12.9. The van der Waals surface area contributed by atoms with E-state index < -0.39 is 27.9 Å². The quantitative estimate of drug-likeness (QED) is 0.527. The molecule has 1 aliphatic rings. The van der Waals surface area contributed by atoms with Crippen molar-refractivity contribution in [3.63, 3.8) is 0 Å². The van der Waals surface area contributed by atoms with E-state index in [0.29, 0.717) is 14.9 Å². The van der Waals surface area contributed by atoms with Gasteiger partial charge in [0.15, 0.2) is 0 Å². The van der Waals surface area contributed by atoms with Crippen LogP contribution in [0.4, 0.5) is 0 Å². The number of aromatic nitrogens is 2. The number of amides is 1. The number of rotatable bonds is 6. The third-order valence-corrected chi connectivity index (χ3v) is 7.71. The highest BCUT2D eigenvalue weighted by Gasteiger charge is 2.41. The number of hydrogen-bond donors (Lipinski definition) is 1. The number of H-pyrrole nitrogens is 1. The van der Waals surface area contributed by atoms with Crippen LogP contribution in [0.3, 0.4) is 0 Å². The lowest BCUT2D eigenvalue weighted by Gasteiger charge is -2.38. The number of aromatic amines is 1. The van der Waals surface area contributed by atoms with Crippen molar-refractivity contribution in [3.8, 4) is 0 Å². The summed E-state index contributed by atoms with van der Waals surface area (Å²) < 4.78 is 32.0. The fourth-order valence-corrected chi connectivity index (χ4v) is 5.64. The van der Waals surface area contributed by atoms with Crippen molar-refractivity contribution in [1.29, 1.82) is 0 Å². The van der Waals surface area contributed by atoms with Crippen LogP contribution in [0.5, 0.6) is 0 Å². The SMILES string of the molecule is COC(=O)C1CN(S(=O)(=O)/C=C/c2ccc(Cl)s2)CC(=O)N1Cc1cc2cnccc2[nH]1. The molecule has 1 aliphatic heterocycles. The first-order valence-electron chi connectivity index (χ1n) is 9.49. The second-order valence-electron chi connectivity index (χ2n) is 7.10. The van der Waals surface area contributed by atoms with Gasteiger partial charge in [-0.15, -0.1) is 11.3 Å². The summed E-state index contributed by atoms with van der Waals surface area (Å²) in [5, 5.41) is 1.88. The molecule has 1 atom stereocenters. The van der Waals surface area contributed by atoms with Crippen molar-refractivity contribution in [2.75, 3.05) is 20.2 Å². The number of thiophene rings is 1. The minimum absolute atomic E-state index is 0.102. The number of sulfonamides is 1. The Kier molecular flexibility index (Phi) is 6.33. The predicted octanol–water partition coefficient (Wildman–Crippen LogP) is 2.46. The zero-order valence-corrected chi connectivity index (χ0v) is 19.3. The van der Waals surface area contributed by atoms with E-state index in [1.54, 1.807) is 30.6 Å². The highest BCUT2D eigenvalue weighted by atomic mass is 35.5. The van der Waals surface area contributed by atoms with Gasteiger partial charge in [-0.2, -0.15) is 4.31 Å². The van der Waals surface area contributed by atoms with Gasteiger partial charge in [0.1, 0.15) is 6.04 Å². The van der Waals surface area contributed by atoms with Gasteiger partial charge in [0.2, 0.25) is 15.9 Å². The number of carbonyl (C=O) groups excluding carboxylic acids is 2. The highest BCUT2D eigenvalue weighted by Crippen LogP contribution is 2.24. The number of halogens is 1. The van der Waals surface area contributed by atoms with Gasteiger partial charge in [-0.1, -0.05) is 11.6 Å². The number of nitrogens with one attached hydrogen (secondary N) is 1. The summed E-state index contributed by atoms with van der Waals surface area (Å²) in [6.45, 7) is -0.490. The van der Waals surface area contributed by atoms with E-state index in [2.05, 4.69) is 9.97 Å². The lowest BCUT2D eigenvalue weighted by molar-refractivity contribution is -0.157. The number of carbonyl (C=O) groups is 2. The van der Waals surface area contributed by atoms with Crippen LogP contribution in [0.25, 0.3) is 17.0 Å². The average Bonchev–Trinajstić information content (AvgIpc) is 3.38. The Morgan fingerprint density at radius 3 is 2.91 bits per heavy atom. The molecular formula is C20H19ClN4O5S2. The van der Waals surface area contributed by atoms with Crippen LogP contribution in [-0.2, 0) is 30.9 Å². The molecule has 0 bridgehead atoms. The van der Waals surface area contributed by atoms with Crippen LogP contribution < -0.4 is 0 Å². The zero-order valence-electron chi connectivity index (χ0n) is 16.9. The normalized spacial score (nSPS) is 18.0. The molecule has 32 heavy (non-hydrogen) atoms. The molecule has 1 N–H and O–H groups in total. The monoisotopic (exact) mass is 494 g/mol. The number of hydrogen-bond acceptors (Lipinski definition) is 7. The summed E-state index contributed by atoms with van der Waals surface area (Å²) in [5.74, 6) is -1.19. The molecule has 0 aliphatic carbocycles. The second-order valence-corrected chi connectivity index (χ2v) is 10.7. The van der Waals surface area contributed by atoms with Crippen molar-refractivity contribution in [1.82, 2.24) is 19.2 Å². The van der Waals surface area contributed by atoms with E-state index in [9.17, 15) is 18.0 Å². The largest absolute Gasteiger partial charge is 0.467 e. The average molecular weight is 495 g/mol. The molecule has 0 saturated carbocycles. The Morgan fingerprint density at radius 2 is 2.22 bits per heavy atom. The number of methoxy groups -OCH3 is 1. The van der Waals surface area contributed by atoms with Gasteiger partial charge in [0.05, 0.1) is 24.5 Å². The molecule has 0 radical (unpaired) electrons. The highest BCUT2D eigenvalue weighted by molar-refractivity contribution is 7.92. The Labute approximate surface area is 193 Å². The predicted molar refractivity (Wildman–Crippen MR) is 121 cm³/mol. The Hall–Kier alpha value is -2.73. The summed E-state index contributed by atoms with van der Waals surface area (Å²) >= 11 is 7.10. The molecular weight excluding hydrogens is 476 g/mol. The number of fused-ring (bicyclic) bond motifs is 1. The Bertz CT molecular complexity index is 1270. The van der Waals surface area contributed by atoms with E-state index in [1.807, 2.05) is 6.07 Å². The standard InChI is InChI=1S/C20H19ClN4O5S2/c1-30-20(27)17-11-24(32(28,29)7-5-15-2-3-18(21)31-15)12-19(26)25(17)10-14-8-13-9-22-6-4-16(13)23-14/h2-9,17,23H,10-12H2,1H3/b7-5+. The van der Waals surface area contributed by atoms with E-state index in [-0.39, 0.29) is 19.6 Å². The van der Waals surface area contributed by atoms with Gasteiger partial charge in [-0.25, -0.2) is 13.2 Å².